The normalized spacial score (nSPS) is 35.6. The van der Waals surface area contributed by atoms with Crippen LogP contribution in [0, 0.1) is 40.4 Å². The van der Waals surface area contributed by atoms with Gasteiger partial charge in [-0.1, -0.05) is 41.5 Å². The molecule has 2 saturated carbocycles. The molecular weight excluding hydrogens is 276 g/mol. The van der Waals surface area contributed by atoms with E-state index in [1.807, 2.05) is 0 Å². The first-order valence-corrected chi connectivity index (χ1v) is 8.77. The van der Waals surface area contributed by atoms with E-state index < -0.39 is 11.9 Å². The van der Waals surface area contributed by atoms with Crippen LogP contribution in [0.25, 0.3) is 0 Å². The van der Waals surface area contributed by atoms with E-state index in [9.17, 15) is 14.7 Å². The molecule has 2 bridgehead atoms. The minimum Gasteiger partial charge on any atom is -0.481 e. The zero-order valence-corrected chi connectivity index (χ0v) is 15.0. The molecule has 22 heavy (non-hydrogen) atoms. The number of hydrogen-bond donors (Lipinski definition) is 1. The molecule has 3 heteroatoms. The summed E-state index contributed by atoms with van der Waals surface area (Å²) in [6.07, 6.45) is 4.15. The summed E-state index contributed by atoms with van der Waals surface area (Å²) in [5.41, 5.74) is 0.0935. The lowest BCUT2D eigenvalue weighted by molar-refractivity contribution is -0.150. The molecule has 0 spiro atoms. The largest absolute Gasteiger partial charge is 0.481 e. The number of carbonyl (C=O) groups is 2. The Morgan fingerprint density at radius 1 is 1.18 bits per heavy atom. The van der Waals surface area contributed by atoms with Gasteiger partial charge in [0.1, 0.15) is 5.78 Å². The van der Waals surface area contributed by atoms with Gasteiger partial charge in [0, 0.05) is 11.8 Å². The predicted octanol–water partition coefficient (Wildman–Crippen LogP) is 4.40. The van der Waals surface area contributed by atoms with Crippen LogP contribution in [-0.2, 0) is 9.59 Å². The highest BCUT2D eigenvalue weighted by Gasteiger charge is 2.62. The first kappa shape index (κ1) is 17.5. The van der Waals surface area contributed by atoms with Gasteiger partial charge in [-0.2, -0.15) is 0 Å². The van der Waals surface area contributed by atoms with Crippen molar-refractivity contribution in [1.29, 1.82) is 0 Å². The van der Waals surface area contributed by atoms with Crippen LogP contribution in [0.5, 0.6) is 0 Å². The minimum atomic E-state index is -0.842. The van der Waals surface area contributed by atoms with Crippen LogP contribution in [0.1, 0.15) is 67.2 Å². The summed E-state index contributed by atoms with van der Waals surface area (Å²) in [4.78, 5) is 24.9. The van der Waals surface area contributed by atoms with Crippen LogP contribution < -0.4 is 0 Å². The van der Waals surface area contributed by atoms with E-state index in [1.54, 1.807) is 6.92 Å². The lowest BCUT2D eigenvalue weighted by Crippen LogP contribution is -2.45. The van der Waals surface area contributed by atoms with Crippen molar-refractivity contribution in [3.05, 3.63) is 0 Å². The van der Waals surface area contributed by atoms with E-state index in [0.717, 1.165) is 12.8 Å². The number of carboxylic acids is 1. The molecule has 0 heterocycles. The summed E-state index contributed by atoms with van der Waals surface area (Å²) in [5, 5.41) is 9.43. The van der Waals surface area contributed by atoms with Gasteiger partial charge in [-0.15, -0.1) is 0 Å². The standard InChI is InChI=1S/C19H32O3/c1-11(2)9-14(12(3)17(21)22)15(20)16-18(4,5)13-7-8-19(16,6)10-13/h11-14,16H,7-10H2,1-6H3,(H,21,22)/t12?,13?,14?,16?,19-/m0/s1. The van der Waals surface area contributed by atoms with E-state index in [4.69, 9.17) is 0 Å². The third-order valence-electron chi connectivity index (χ3n) is 6.64. The zero-order valence-electron chi connectivity index (χ0n) is 15.0. The van der Waals surface area contributed by atoms with Crippen molar-refractivity contribution in [1.82, 2.24) is 0 Å². The van der Waals surface area contributed by atoms with Gasteiger partial charge in [0.25, 0.3) is 0 Å². The van der Waals surface area contributed by atoms with E-state index in [1.165, 1.54) is 6.42 Å². The van der Waals surface area contributed by atoms with Crippen LogP contribution in [0.2, 0.25) is 0 Å². The summed E-state index contributed by atoms with van der Waals surface area (Å²) >= 11 is 0. The van der Waals surface area contributed by atoms with Gasteiger partial charge < -0.3 is 5.11 Å². The van der Waals surface area contributed by atoms with Gasteiger partial charge in [0.2, 0.25) is 0 Å². The molecule has 2 fully saturated rings. The van der Waals surface area contributed by atoms with Crippen molar-refractivity contribution >= 4 is 11.8 Å². The minimum absolute atomic E-state index is 0.0114. The molecule has 4 unspecified atom stereocenters. The lowest BCUT2D eigenvalue weighted by Gasteiger charge is -2.43. The average molecular weight is 308 g/mol. The fraction of sp³-hybridized carbons (Fsp3) is 0.895. The molecule has 126 valence electrons. The Hall–Kier alpha value is -0.860. The number of hydrogen-bond acceptors (Lipinski definition) is 2. The molecule has 0 aromatic rings. The quantitative estimate of drug-likeness (QED) is 0.791. The van der Waals surface area contributed by atoms with Gasteiger partial charge in [0.05, 0.1) is 5.92 Å². The highest BCUT2D eigenvalue weighted by Crippen LogP contribution is 2.66. The highest BCUT2D eigenvalue weighted by atomic mass is 16.4. The second-order valence-electron chi connectivity index (χ2n) is 9.11. The molecule has 1 N–H and O–H groups in total. The van der Waals surface area contributed by atoms with Crippen LogP contribution in [0.3, 0.4) is 0 Å². The Kier molecular flexibility index (Phi) is 4.49. The molecule has 2 aliphatic carbocycles. The zero-order chi connectivity index (χ0) is 16.9. The van der Waals surface area contributed by atoms with Crippen molar-refractivity contribution < 1.29 is 14.7 Å². The molecule has 2 aliphatic rings. The number of carboxylic acid groups (broad SMARTS) is 1. The molecule has 3 nitrogen and oxygen atoms in total. The molecule has 5 atom stereocenters. The summed E-state index contributed by atoms with van der Waals surface area (Å²) in [5.74, 6) is -0.587. The summed E-state index contributed by atoms with van der Waals surface area (Å²) in [6, 6.07) is 0. The number of fused-ring (bicyclic) bond motifs is 2. The van der Waals surface area contributed by atoms with Crippen molar-refractivity contribution in [2.45, 2.75) is 67.2 Å². The summed E-state index contributed by atoms with van der Waals surface area (Å²) in [7, 11) is 0. The number of rotatable bonds is 6. The molecule has 0 aliphatic heterocycles. The lowest BCUT2D eigenvalue weighted by atomic mass is 9.59. The Morgan fingerprint density at radius 3 is 2.18 bits per heavy atom. The molecule has 0 aromatic heterocycles. The second kappa shape index (κ2) is 5.65. The molecule has 2 rings (SSSR count). The highest BCUT2D eigenvalue weighted by molar-refractivity contribution is 5.89. The Bertz CT molecular complexity index is 461. The maximum Gasteiger partial charge on any atom is 0.306 e. The van der Waals surface area contributed by atoms with Crippen molar-refractivity contribution in [3.8, 4) is 0 Å². The third kappa shape index (κ3) is 2.72. The third-order valence-corrected chi connectivity index (χ3v) is 6.64. The maximum absolute atomic E-state index is 13.4. The van der Waals surface area contributed by atoms with E-state index in [2.05, 4.69) is 34.6 Å². The fourth-order valence-electron chi connectivity index (χ4n) is 5.47. The number of ketones is 1. The monoisotopic (exact) mass is 308 g/mol. The topological polar surface area (TPSA) is 54.4 Å². The molecule has 0 aromatic carbocycles. The van der Waals surface area contributed by atoms with Gasteiger partial charge >= 0.3 is 5.97 Å². The van der Waals surface area contributed by atoms with Crippen molar-refractivity contribution in [2.75, 3.05) is 0 Å². The van der Waals surface area contributed by atoms with Crippen LogP contribution in [0.15, 0.2) is 0 Å². The van der Waals surface area contributed by atoms with Crippen molar-refractivity contribution in [2.24, 2.45) is 40.4 Å². The average Bonchev–Trinajstić information content (AvgIpc) is 2.85. The Balaban J connectivity index is 2.32. The van der Waals surface area contributed by atoms with Crippen LogP contribution >= 0.6 is 0 Å². The summed E-state index contributed by atoms with van der Waals surface area (Å²) < 4.78 is 0. The van der Waals surface area contributed by atoms with E-state index in [-0.39, 0.29) is 28.4 Å². The fourth-order valence-corrected chi connectivity index (χ4v) is 5.47. The first-order valence-electron chi connectivity index (χ1n) is 8.77. The van der Waals surface area contributed by atoms with Gasteiger partial charge in [-0.25, -0.2) is 0 Å². The molecule has 0 amide bonds. The van der Waals surface area contributed by atoms with Crippen LogP contribution in [-0.4, -0.2) is 16.9 Å². The van der Waals surface area contributed by atoms with E-state index in [0.29, 0.717) is 18.3 Å². The SMILES string of the molecule is CC(C)CC(C(=O)C1C(C)(C)C2CC[C@@]1(C)C2)C(C)C(=O)O. The number of Topliss-reactive ketones (excluding diaryl/α,β-unsaturated/α-hetero) is 1. The molecule has 0 saturated heterocycles. The Morgan fingerprint density at radius 2 is 1.77 bits per heavy atom. The predicted molar refractivity (Wildman–Crippen MR) is 87.5 cm³/mol. The van der Waals surface area contributed by atoms with Gasteiger partial charge in [-0.05, 0) is 48.3 Å². The van der Waals surface area contributed by atoms with Gasteiger partial charge in [0.15, 0.2) is 0 Å². The Labute approximate surface area is 134 Å². The van der Waals surface area contributed by atoms with Crippen LogP contribution in [0.4, 0.5) is 0 Å². The second-order valence-corrected chi connectivity index (χ2v) is 9.11. The molecule has 0 radical (unpaired) electrons. The van der Waals surface area contributed by atoms with E-state index >= 15 is 0 Å². The molecular formula is C19H32O3. The van der Waals surface area contributed by atoms with Gasteiger partial charge in [-0.3, -0.25) is 9.59 Å². The summed E-state index contributed by atoms with van der Waals surface area (Å²) in [6.45, 7) is 12.5. The number of carbonyl (C=O) groups excluding carboxylic acids is 1. The maximum atomic E-state index is 13.4. The first-order chi connectivity index (χ1) is 10.0. The van der Waals surface area contributed by atoms with Crippen molar-refractivity contribution in [3.63, 3.8) is 0 Å². The smallest absolute Gasteiger partial charge is 0.306 e. The number of aliphatic carboxylic acids is 1.